The summed E-state index contributed by atoms with van der Waals surface area (Å²) in [7, 11) is 0. The minimum atomic E-state index is -1.28. The lowest BCUT2D eigenvalue weighted by Crippen LogP contribution is -2.34. The highest BCUT2D eigenvalue weighted by Gasteiger charge is 2.47. The molecule has 39 heavy (non-hydrogen) atoms. The van der Waals surface area contributed by atoms with E-state index in [4.69, 9.17) is 19.2 Å². The minimum Gasteiger partial charge on any atom is -0.387 e. The van der Waals surface area contributed by atoms with Crippen LogP contribution in [-0.4, -0.2) is 89.3 Å². The second-order valence-corrected chi connectivity index (χ2v) is 10.5. The number of ether oxygens (including phenoxy) is 1. The van der Waals surface area contributed by atoms with Crippen LogP contribution < -0.4 is 10.6 Å². The van der Waals surface area contributed by atoms with E-state index < -0.39 is 30.6 Å². The lowest BCUT2D eigenvalue weighted by molar-refractivity contribution is -0.0434. The molecule has 0 radical (unpaired) electrons. The van der Waals surface area contributed by atoms with Gasteiger partial charge in [0.15, 0.2) is 29.0 Å². The van der Waals surface area contributed by atoms with E-state index in [1.165, 1.54) is 25.3 Å². The van der Waals surface area contributed by atoms with Crippen LogP contribution in [0.4, 0.5) is 11.8 Å². The average molecular weight is 545 g/mol. The number of anilines is 2. The first-order chi connectivity index (χ1) is 18.9. The minimum absolute atomic E-state index is 0.212. The predicted octanol–water partition coefficient (Wildman–Crippen LogP) is 2.36. The van der Waals surface area contributed by atoms with Gasteiger partial charge in [0.1, 0.15) is 24.0 Å². The maximum absolute atomic E-state index is 11.0. The summed E-state index contributed by atoms with van der Waals surface area (Å²) in [6.45, 7) is 9.62. The van der Waals surface area contributed by atoms with Gasteiger partial charge in [-0.25, -0.2) is 4.98 Å². The smallest absolute Gasteiger partial charge is 0.226 e. The quantitative estimate of drug-likeness (QED) is 0.239. The Balaban J connectivity index is 1.42. The Morgan fingerprint density at radius 3 is 2.56 bits per heavy atom. The summed E-state index contributed by atoms with van der Waals surface area (Å²) in [4.78, 5) is 16.5. The standard InChI is InChI=1S/C26H40N8O5/c1-4-16(5-2)29-23-19-24(31-26(30-23)27-9-12-33-10-7-6-8-11-33)34(14-28-19)25-21(37)20(36)22(38-25)18-13-17(15(3)35)32-39-18/h13-16,20-22,25,35-37H,4-12H2,1-3H3,(H2,27,29,30,31). The van der Waals surface area contributed by atoms with Crippen molar-refractivity contribution in [1.29, 1.82) is 0 Å². The number of imidazole rings is 1. The Morgan fingerprint density at radius 1 is 1.10 bits per heavy atom. The topological polar surface area (TPSA) is 167 Å². The molecular formula is C26H40N8O5. The Bertz CT molecular complexity index is 1220. The lowest BCUT2D eigenvalue weighted by Gasteiger charge is -2.26. The normalized spacial score (nSPS) is 25.0. The molecule has 5 unspecified atom stereocenters. The van der Waals surface area contributed by atoms with E-state index in [0.29, 0.717) is 35.2 Å². The zero-order valence-corrected chi connectivity index (χ0v) is 22.8. The van der Waals surface area contributed by atoms with Crippen molar-refractivity contribution in [2.45, 2.75) is 89.6 Å². The monoisotopic (exact) mass is 544 g/mol. The lowest BCUT2D eigenvalue weighted by atomic mass is 10.1. The van der Waals surface area contributed by atoms with Crippen LogP contribution >= 0.6 is 0 Å². The number of aliphatic hydroxyl groups excluding tert-OH is 3. The number of likely N-dealkylation sites (tertiary alicyclic amines) is 1. The molecule has 2 aliphatic rings. The zero-order valence-electron chi connectivity index (χ0n) is 22.8. The Kier molecular flexibility index (Phi) is 8.62. The molecule has 2 saturated heterocycles. The van der Waals surface area contributed by atoms with E-state index in [2.05, 4.69) is 39.5 Å². The summed E-state index contributed by atoms with van der Waals surface area (Å²) in [6.07, 6.45) is 1.78. The number of fused-ring (bicyclic) bond motifs is 1. The largest absolute Gasteiger partial charge is 0.387 e. The van der Waals surface area contributed by atoms with E-state index in [-0.39, 0.29) is 11.8 Å². The van der Waals surface area contributed by atoms with Gasteiger partial charge in [0.2, 0.25) is 5.95 Å². The number of rotatable bonds is 11. The summed E-state index contributed by atoms with van der Waals surface area (Å²) in [5.41, 5.74) is 1.34. The van der Waals surface area contributed by atoms with Crippen LogP contribution in [0.5, 0.6) is 0 Å². The van der Waals surface area contributed by atoms with Crippen LogP contribution in [0.1, 0.15) is 82.8 Å². The van der Waals surface area contributed by atoms with Crippen LogP contribution in [0.25, 0.3) is 11.2 Å². The maximum Gasteiger partial charge on any atom is 0.226 e. The number of aliphatic hydroxyl groups is 3. The molecular weight excluding hydrogens is 504 g/mol. The molecule has 3 aromatic heterocycles. The third kappa shape index (κ3) is 5.87. The maximum atomic E-state index is 11.0. The molecule has 0 aliphatic carbocycles. The van der Waals surface area contributed by atoms with Crippen molar-refractivity contribution in [2.24, 2.45) is 0 Å². The fourth-order valence-electron chi connectivity index (χ4n) is 5.24. The van der Waals surface area contributed by atoms with Gasteiger partial charge in [-0.2, -0.15) is 9.97 Å². The molecule has 0 bridgehead atoms. The van der Waals surface area contributed by atoms with Gasteiger partial charge < -0.3 is 40.1 Å². The number of nitrogens with zero attached hydrogens (tertiary/aromatic N) is 6. The number of hydrogen-bond acceptors (Lipinski definition) is 12. The van der Waals surface area contributed by atoms with Crippen molar-refractivity contribution < 1.29 is 24.6 Å². The van der Waals surface area contributed by atoms with Crippen LogP contribution in [0.15, 0.2) is 16.9 Å². The molecule has 2 fully saturated rings. The van der Waals surface area contributed by atoms with Gasteiger partial charge in [0.05, 0.1) is 12.4 Å². The first-order valence-electron chi connectivity index (χ1n) is 14.0. The number of hydrogen-bond donors (Lipinski definition) is 5. The SMILES string of the molecule is CCC(CC)Nc1nc(NCCN2CCCCC2)nc2c1ncn2C1OC(c2cc(C(C)O)no2)C(O)C1O. The molecule has 0 saturated carbocycles. The van der Waals surface area contributed by atoms with Crippen molar-refractivity contribution in [2.75, 3.05) is 36.8 Å². The average Bonchev–Trinajstić information content (AvgIpc) is 3.66. The highest BCUT2D eigenvalue weighted by Crippen LogP contribution is 2.40. The van der Waals surface area contributed by atoms with Gasteiger partial charge in [0.25, 0.3) is 0 Å². The van der Waals surface area contributed by atoms with E-state index in [1.54, 1.807) is 17.8 Å². The molecule has 0 aromatic carbocycles. The number of aromatic nitrogens is 5. The summed E-state index contributed by atoms with van der Waals surface area (Å²) in [5, 5.41) is 42.3. The summed E-state index contributed by atoms with van der Waals surface area (Å²) in [6, 6.07) is 1.73. The van der Waals surface area contributed by atoms with Crippen LogP contribution in [0.3, 0.4) is 0 Å². The fourth-order valence-corrected chi connectivity index (χ4v) is 5.24. The molecule has 0 amide bonds. The van der Waals surface area contributed by atoms with Gasteiger partial charge in [-0.1, -0.05) is 25.4 Å². The predicted molar refractivity (Wildman–Crippen MR) is 144 cm³/mol. The molecule has 13 nitrogen and oxygen atoms in total. The van der Waals surface area contributed by atoms with Crippen molar-refractivity contribution in [1.82, 2.24) is 29.6 Å². The fraction of sp³-hybridized carbons (Fsp3) is 0.692. The van der Waals surface area contributed by atoms with Crippen LogP contribution in [-0.2, 0) is 4.74 Å². The van der Waals surface area contributed by atoms with Crippen LogP contribution in [0.2, 0.25) is 0 Å². The highest BCUT2D eigenvalue weighted by molar-refractivity contribution is 5.84. The van der Waals surface area contributed by atoms with Gasteiger partial charge in [0, 0.05) is 25.2 Å². The molecule has 0 spiro atoms. The van der Waals surface area contributed by atoms with E-state index >= 15 is 0 Å². The van der Waals surface area contributed by atoms with Crippen molar-refractivity contribution >= 4 is 22.9 Å². The third-order valence-corrected chi connectivity index (χ3v) is 7.68. The number of piperidine rings is 1. The van der Waals surface area contributed by atoms with E-state index in [9.17, 15) is 15.3 Å². The molecule has 3 aromatic rings. The molecule has 5 atom stereocenters. The van der Waals surface area contributed by atoms with Gasteiger partial charge in [-0.15, -0.1) is 0 Å². The van der Waals surface area contributed by atoms with Crippen molar-refractivity contribution in [3.63, 3.8) is 0 Å². The molecule has 13 heteroatoms. The number of nitrogens with one attached hydrogen (secondary N) is 2. The van der Waals surface area contributed by atoms with Crippen LogP contribution in [0, 0.1) is 0 Å². The molecule has 214 valence electrons. The second-order valence-electron chi connectivity index (χ2n) is 10.5. The summed E-state index contributed by atoms with van der Waals surface area (Å²) < 4.78 is 13.0. The molecule has 2 aliphatic heterocycles. The Hall–Kier alpha value is -2.84. The summed E-state index contributed by atoms with van der Waals surface area (Å²) >= 11 is 0. The highest BCUT2D eigenvalue weighted by atomic mass is 16.6. The molecule has 5 heterocycles. The first-order valence-corrected chi connectivity index (χ1v) is 14.0. The zero-order chi connectivity index (χ0) is 27.5. The molecule has 5 rings (SSSR count). The Labute approximate surface area is 227 Å². The van der Waals surface area contributed by atoms with E-state index in [0.717, 1.165) is 32.5 Å². The van der Waals surface area contributed by atoms with Gasteiger partial charge in [-0.3, -0.25) is 4.57 Å². The molecule has 5 N–H and O–H groups in total. The van der Waals surface area contributed by atoms with Gasteiger partial charge >= 0.3 is 0 Å². The Morgan fingerprint density at radius 2 is 1.87 bits per heavy atom. The van der Waals surface area contributed by atoms with Crippen molar-refractivity contribution in [3.8, 4) is 0 Å². The third-order valence-electron chi connectivity index (χ3n) is 7.68. The first kappa shape index (κ1) is 27.7. The van der Waals surface area contributed by atoms with E-state index in [1.807, 2.05) is 0 Å². The van der Waals surface area contributed by atoms with Gasteiger partial charge in [-0.05, 0) is 45.7 Å². The second kappa shape index (κ2) is 12.1. The van der Waals surface area contributed by atoms with Crippen molar-refractivity contribution in [3.05, 3.63) is 23.8 Å². The summed E-state index contributed by atoms with van der Waals surface area (Å²) in [5.74, 6) is 1.28.